The summed E-state index contributed by atoms with van der Waals surface area (Å²) in [5.74, 6) is -2.86. The number of imidazole rings is 1. The van der Waals surface area contributed by atoms with Crippen molar-refractivity contribution in [3.05, 3.63) is 76.0 Å². The molecule has 13 heteroatoms. The molecule has 1 aromatic heterocycles. The number of hydrogen-bond donors (Lipinski definition) is 6. The normalized spacial score (nSPS) is 11.3. The van der Waals surface area contributed by atoms with Crippen LogP contribution >= 0.6 is 23.2 Å². The van der Waals surface area contributed by atoms with Crippen molar-refractivity contribution in [2.75, 3.05) is 18.4 Å². The van der Waals surface area contributed by atoms with Crippen molar-refractivity contribution < 1.29 is 24.3 Å². The van der Waals surface area contributed by atoms with E-state index in [-0.39, 0.29) is 15.6 Å². The highest BCUT2D eigenvalue weighted by atomic mass is 35.5. The Morgan fingerprint density at radius 2 is 1.71 bits per heavy atom. The zero-order valence-corrected chi connectivity index (χ0v) is 19.5. The van der Waals surface area contributed by atoms with Crippen molar-refractivity contribution >= 4 is 58.5 Å². The van der Waals surface area contributed by atoms with Crippen LogP contribution < -0.4 is 21.3 Å². The third-order valence-electron chi connectivity index (χ3n) is 4.59. The molecule has 3 rings (SSSR count). The molecular weight excluding hydrogens is 499 g/mol. The number of nitrogens with one attached hydrogen (secondary N) is 5. The van der Waals surface area contributed by atoms with E-state index in [1.807, 2.05) is 0 Å². The van der Waals surface area contributed by atoms with E-state index < -0.39 is 42.8 Å². The SMILES string of the molecule is O=C(CNC(=O)c1cccc(Nc2ncc[nH]2)c1)NCC(NC(=O)c1c(Cl)cccc1Cl)C(=O)O. The second-order valence-corrected chi connectivity index (χ2v) is 7.91. The maximum absolute atomic E-state index is 12.4. The van der Waals surface area contributed by atoms with Crippen LogP contribution in [0.5, 0.6) is 0 Å². The average molecular weight is 519 g/mol. The smallest absolute Gasteiger partial charge is 0.328 e. The summed E-state index contributed by atoms with van der Waals surface area (Å²) in [6, 6.07) is 9.49. The van der Waals surface area contributed by atoms with Crippen LogP contribution in [0.1, 0.15) is 20.7 Å². The number of aromatic amines is 1. The Kier molecular flexibility index (Phi) is 8.65. The molecule has 3 aromatic rings. The highest BCUT2D eigenvalue weighted by molar-refractivity contribution is 6.39. The molecule has 0 aliphatic rings. The summed E-state index contributed by atoms with van der Waals surface area (Å²) < 4.78 is 0. The van der Waals surface area contributed by atoms with Gasteiger partial charge in [0.25, 0.3) is 11.8 Å². The van der Waals surface area contributed by atoms with Crippen LogP contribution in [0, 0.1) is 0 Å². The predicted molar refractivity (Wildman–Crippen MR) is 129 cm³/mol. The number of anilines is 2. The molecule has 35 heavy (non-hydrogen) atoms. The van der Waals surface area contributed by atoms with Crippen LogP contribution in [-0.2, 0) is 9.59 Å². The monoisotopic (exact) mass is 518 g/mol. The van der Waals surface area contributed by atoms with E-state index in [1.165, 1.54) is 18.2 Å². The van der Waals surface area contributed by atoms with Gasteiger partial charge in [-0.05, 0) is 30.3 Å². The van der Waals surface area contributed by atoms with Crippen molar-refractivity contribution in [1.82, 2.24) is 25.9 Å². The van der Waals surface area contributed by atoms with Crippen molar-refractivity contribution in [2.24, 2.45) is 0 Å². The van der Waals surface area contributed by atoms with E-state index in [0.717, 1.165) is 0 Å². The third kappa shape index (κ3) is 7.19. The Balaban J connectivity index is 1.51. The zero-order chi connectivity index (χ0) is 25.4. The van der Waals surface area contributed by atoms with Gasteiger partial charge in [-0.15, -0.1) is 0 Å². The molecule has 1 heterocycles. The second-order valence-electron chi connectivity index (χ2n) is 7.09. The van der Waals surface area contributed by atoms with Crippen LogP contribution in [0.15, 0.2) is 54.9 Å². The van der Waals surface area contributed by atoms with Gasteiger partial charge in [-0.1, -0.05) is 35.3 Å². The van der Waals surface area contributed by atoms with Crippen LogP contribution in [0.25, 0.3) is 0 Å². The Bertz CT molecular complexity index is 1210. The number of carboxylic acids is 1. The van der Waals surface area contributed by atoms with Crippen LogP contribution in [0.4, 0.5) is 11.6 Å². The number of amides is 3. The van der Waals surface area contributed by atoms with E-state index in [1.54, 1.807) is 36.7 Å². The van der Waals surface area contributed by atoms with E-state index in [4.69, 9.17) is 23.2 Å². The van der Waals surface area contributed by atoms with Gasteiger partial charge in [0.2, 0.25) is 11.9 Å². The first-order valence-electron chi connectivity index (χ1n) is 10.1. The first kappa shape index (κ1) is 25.5. The van der Waals surface area contributed by atoms with E-state index in [9.17, 15) is 24.3 Å². The van der Waals surface area contributed by atoms with Crippen molar-refractivity contribution in [3.63, 3.8) is 0 Å². The maximum atomic E-state index is 12.4. The lowest BCUT2D eigenvalue weighted by atomic mass is 10.2. The molecule has 0 bridgehead atoms. The van der Waals surface area contributed by atoms with Crippen LogP contribution in [0.3, 0.4) is 0 Å². The standard InChI is InChI=1S/C22H20Cl2N6O5/c23-14-5-2-6-15(24)18(14)20(33)30-16(21(34)35)10-27-17(31)11-28-19(32)12-3-1-4-13(9-12)29-22-25-7-8-26-22/h1-9,16H,10-11H2,(H,27,31)(H,28,32)(H,30,33)(H,34,35)(H2,25,26,29). The van der Waals surface area contributed by atoms with Gasteiger partial charge in [0.1, 0.15) is 6.04 Å². The number of aromatic nitrogens is 2. The van der Waals surface area contributed by atoms with Gasteiger partial charge in [-0.3, -0.25) is 14.4 Å². The first-order valence-corrected chi connectivity index (χ1v) is 10.9. The molecule has 11 nitrogen and oxygen atoms in total. The molecule has 0 fully saturated rings. The summed E-state index contributed by atoms with van der Waals surface area (Å²) in [6.07, 6.45) is 3.22. The van der Waals surface area contributed by atoms with Gasteiger partial charge < -0.3 is 31.4 Å². The summed E-state index contributed by atoms with van der Waals surface area (Å²) in [5, 5.41) is 19.5. The summed E-state index contributed by atoms with van der Waals surface area (Å²) in [5.41, 5.74) is 0.821. The molecule has 0 aliphatic heterocycles. The van der Waals surface area contributed by atoms with Gasteiger partial charge in [-0.2, -0.15) is 0 Å². The molecule has 0 aliphatic carbocycles. The lowest BCUT2D eigenvalue weighted by molar-refractivity contribution is -0.139. The molecule has 1 atom stereocenters. The number of hydrogen-bond acceptors (Lipinski definition) is 6. The van der Waals surface area contributed by atoms with Gasteiger partial charge in [0.05, 0.1) is 22.2 Å². The Labute approximate surface area is 209 Å². The van der Waals surface area contributed by atoms with E-state index in [2.05, 4.69) is 31.2 Å². The van der Waals surface area contributed by atoms with Gasteiger partial charge >= 0.3 is 5.97 Å². The molecule has 0 saturated heterocycles. The number of carbonyl (C=O) groups is 4. The highest BCUT2D eigenvalue weighted by Crippen LogP contribution is 2.24. The minimum absolute atomic E-state index is 0.0503. The Morgan fingerprint density at radius 3 is 2.37 bits per heavy atom. The maximum Gasteiger partial charge on any atom is 0.328 e. The van der Waals surface area contributed by atoms with Gasteiger partial charge in [-0.25, -0.2) is 9.78 Å². The number of halogens is 2. The summed E-state index contributed by atoms with van der Waals surface area (Å²) in [7, 11) is 0. The lowest BCUT2D eigenvalue weighted by Crippen LogP contribution is -2.50. The average Bonchev–Trinajstić information content (AvgIpc) is 3.33. The predicted octanol–water partition coefficient (Wildman–Crippen LogP) is 2.19. The fourth-order valence-electron chi connectivity index (χ4n) is 2.89. The van der Waals surface area contributed by atoms with E-state index >= 15 is 0 Å². The number of benzene rings is 2. The quantitative estimate of drug-likeness (QED) is 0.239. The highest BCUT2D eigenvalue weighted by Gasteiger charge is 2.24. The number of aliphatic carboxylic acids is 1. The third-order valence-corrected chi connectivity index (χ3v) is 5.22. The topological polar surface area (TPSA) is 165 Å². The van der Waals surface area contributed by atoms with Gasteiger partial charge in [0.15, 0.2) is 0 Å². The number of rotatable bonds is 10. The first-order chi connectivity index (χ1) is 16.7. The number of H-pyrrole nitrogens is 1. The molecule has 0 radical (unpaired) electrons. The second kappa shape index (κ2) is 11.9. The molecule has 0 saturated carbocycles. The summed E-state index contributed by atoms with van der Waals surface area (Å²) in [4.78, 5) is 55.4. The van der Waals surface area contributed by atoms with Crippen LogP contribution in [0.2, 0.25) is 10.0 Å². The van der Waals surface area contributed by atoms with E-state index in [0.29, 0.717) is 17.2 Å². The molecule has 6 N–H and O–H groups in total. The molecule has 3 amide bonds. The molecule has 2 aromatic carbocycles. The number of nitrogens with zero attached hydrogens (tertiary/aromatic N) is 1. The molecule has 182 valence electrons. The Morgan fingerprint density at radius 1 is 1.00 bits per heavy atom. The molecule has 1 unspecified atom stereocenters. The van der Waals surface area contributed by atoms with Crippen molar-refractivity contribution in [2.45, 2.75) is 6.04 Å². The minimum Gasteiger partial charge on any atom is -0.480 e. The lowest BCUT2D eigenvalue weighted by Gasteiger charge is -2.16. The van der Waals surface area contributed by atoms with Crippen molar-refractivity contribution in [3.8, 4) is 0 Å². The number of carbonyl (C=O) groups excluding carboxylic acids is 3. The zero-order valence-electron chi connectivity index (χ0n) is 18.0. The van der Waals surface area contributed by atoms with Crippen LogP contribution in [-0.4, -0.2) is 57.9 Å². The van der Waals surface area contributed by atoms with Gasteiger partial charge in [0, 0.05) is 30.2 Å². The van der Waals surface area contributed by atoms with Crippen molar-refractivity contribution in [1.29, 1.82) is 0 Å². The largest absolute Gasteiger partial charge is 0.480 e. The summed E-state index contributed by atoms with van der Waals surface area (Å²) >= 11 is 11.9. The summed E-state index contributed by atoms with van der Waals surface area (Å²) in [6.45, 7) is -0.842. The number of carboxylic acid groups (broad SMARTS) is 1. The molecular formula is C22H20Cl2N6O5. The molecule has 0 spiro atoms. The Hall–Kier alpha value is -4.09. The fraction of sp³-hybridized carbons (Fsp3) is 0.136. The fourth-order valence-corrected chi connectivity index (χ4v) is 3.46. The minimum atomic E-state index is -1.46.